The lowest BCUT2D eigenvalue weighted by Crippen LogP contribution is -2.52. The van der Waals surface area contributed by atoms with E-state index in [-0.39, 0.29) is 12.0 Å². The predicted octanol–water partition coefficient (Wildman–Crippen LogP) is 1.63. The van der Waals surface area contributed by atoms with Crippen LogP contribution in [0.3, 0.4) is 0 Å². The molecule has 0 aromatic carbocycles. The highest BCUT2D eigenvalue weighted by atomic mass is 19.4. The lowest BCUT2D eigenvalue weighted by Gasteiger charge is -2.37. The molecule has 0 saturated carbocycles. The molecule has 35 heavy (non-hydrogen) atoms. The van der Waals surface area contributed by atoms with Gasteiger partial charge in [0.2, 0.25) is 0 Å². The van der Waals surface area contributed by atoms with Gasteiger partial charge in [0, 0.05) is 32.7 Å². The molecule has 1 aromatic heterocycles. The highest BCUT2D eigenvalue weighted by molar-refractivity contribution is 5.91. The summed E-state index contributed by atoms with van der Waals surface area (Å²) in [6.45, 7) is 5.10. The Labute approximate surface area is 195 Å². The van der Waals surface area contributed by atoms with Crippen LogP contribution in [0.1, 0.15) is 10.6 Å². The number of hydrogen-bond donors (Lipinski definition) is 2. The van der Waals surface area contributed by atoms with Gasteiger partial charge in [0.25, 0.3) is 5.91 Å². The monoisotopic (exact) mass is 521 g/mol. The molecule has 2 fully saturated rings. The third-order valence-corrected chi connectivity index (χ3v) is 4.75. The number of aliphatic carboxylic acids is 2. The van der Waals surface area contributed by atoms with E-state index in [1.807, 2.05) is 4.90 Å². The normalized spacial score (nSPS) is 20.3. The van der Waals surface area contributed by atoms with Crippen molar-refractivity contribution in [2.24, 2.45) is 0 Å². The number of likely N-dealkylation sites (tertiary alicyclic amines) is 1. The van der Waals surface area contributed by atoms with Gasteiger partial charge in [-0.15, -0.1) is 0 Å². The Morgan fingerprint density at radius 3 is 2.03 bits per heavy atom. The minimum Gasteiger partial charge on any atom is -0.475 e. The second-order valence-corrected chi connectivity index (χ2v) is 7.61. The third kappa shape index (κ3) is 10.1. The molecule has 10 nitrogen and oxygen atoms in total. The number of nitrogens with zero attached hydrogens (tertiary/aromatic N) is 3. The maximum Gasteiger partial charge on any atom is 0.490 e. The average molecular weight is 521 g/mol. The van der Waals surface area contributed by atoms with Crippen LogP contribution < -0.4 is 0 Å². The molecule has 3 heterocycles. The van der Waals surface area contributed by atoms with E-state index in [1.54, 1.807) is 12.1 Å². The Hall–Kier alpha value is -2.85. The summed E-state index contributed by atoms with van der Waals surface area (Å²) in [5, 5.41) is 14.2. The van der Waals surface area contributed by atoms with Crippen LogP contribution in [0.5, 0.6) is 0 Å². The summed E-state index contributed by atoms with van der Waals surface area (Å²) < 4.78 is 74.5. The molecule has 2 aliphatic rings. The highest BCUT2D eigenvalue weighted by Crippen LogP contribution is 2.24. The Bertz CT molecular complexity index is 806. The molecule has 0 radical (unpaired) electrons. The molecule has 1 aromatic rings. The first-order chi connectivity index (χ1) is 16.0. The number of fused-ring (bicyclic) bond motifs is 1. The van der Waals surface area contributed by atoms with Gasteiger partial charge in [-0.3, -0.25) is 9.69 Å². The van der Waals surface area contributed by atoms with Gasteiger partial charge in [-0.25, -0.2) is 9.59 Å². The van der Waals surface area contributed by atoms with Crippen LogP contribution in [0.2, 0.25) is 0 Å². The standard InChI is InChI=1S/C15H23N3O3.2C2HF3O2/c1-16(2)5-6-17-7-9-21-14-11-18(10-12(14)17)15(19)13-4-3-8-20-13;2*3-2(4,5)1(6)7/h3-4,8,12,14H,5-7,9-11H2,1-2H3;2*(H,6,7)/t12-,14+;;/m1../s1. The van der Waals surface area contributed by atoms with Crippen molar-refractivity contribution < 1.29 is 60.1 Å². The van der Waals surface area contributed by atoms with Gasteiger partial charge >= 0.3 is 24.3 Å². The first-order valence-corrected chi connectivity index (χ1v) is 9.97. The number of hydrogen-bond acceptors (Lipinski definition) is 7. The summed E-state index contributed by atoms with van der Waals surface area (Å²) in [6.07, 6.45) is -8.50. The zero-order chi connectivity index (χ0) is 27.0. The predicted molar refractivity (Wildman–Crippen MR) is 106 cm³/mol. The number of furan rings is 1. The van der Waals surface area contributed by atoms with Gasteiger partial charge in [0.1, 0.15) is 0 Å². The summed E-state index contributed by atoms with van der Waals surface area (Å²) in [4.78, 5) is 36.6. The summed E-state index contributed by atoms with van der Waals surface area (Å²) in [5.41, 5.74) is 0. The largest absolute Gasteiger partial charge is 0.490 e. The fourth-order valence-corrected chi connectivity index (χ4v) is 3.09. The number of likely N-dealkylation sites (N-methyl/N-ethyl adjacent to an activating group) is 1. The van der Waals surface area contributed by atoms with Crippen molar-refractivity contribution in [3.63, 3.8) is 0 Å². The van der Waals surface area contributed by atoms with E-state index in [1.165, 1.54) is 6.26 Å². The molecule has 3 rings (SSSR count). The number of amides is 1. The lowest BCUT2D eigenvalue weighted by atomic mass is 10.1. The molecule has 200 valence electrons. The Balaban J connectivity index is 0.000000362. The van der Waals surface area contributed by atoms with Crippen molar-refractivity contribution in [1.29, 1.82) is 0 Å². The molecule has 0 spiro atoms. The molecule has 16 heteroatoms. The third-order valence-electron chi connectivity index (χ3n) is 4.75. The van der Waals surface area contributed by atoms with Crippen molar-refractivity contribution in [1.82, 2.24) is 14.7 Å². The highest BCUT2D eigenvalue weighted by Gasteiger charge is 2.42. The average Bonchev–Trinajstić information content (AvgIpc) is 3.41. The minimum absolute atomic E-state index is 0.0365. The number of alkyl halides is 6. The van der Waals surface area contributed by atoms with Crippen LogP contribution >= 0.6 is 0 Å². The van der Waals surface area contributed by atoms with Gasteiger partial charge in [0.15, 0.2) is 5.76 Å². The SMILES string of the molecule is CN(C)CCN1CCO[C@H]2CN(C(=O)c3ccco3)C[C@H]21.O=C(O)C(F)(F)F.O=C(O)C(F)(F)F. The van der Waals surface area contributed by atoms with Crippen LogP contribution in [0, 0.1) is 0 Å². The van der Waals surface area contributed by atoms with Gasteiger partial charge in [-0.05, 0) is 26.2 Å². The zero-order valence-corrected chi connectivity index (χ0v) is 18.7. The number of carbonyl (C=O) groups is 3. The summed E-state index contributed by atoms with van der Waals surface area (Å²) in [6, 6.07) is 3.77. The molecular formula is C19H25F6N3O7. The Kier molecular flexibility index (Phi) is 11.0. The lowest BCUT2D eigenvalue weighted by molar-refractivity contribution is -0.193. The number of halogens is 6. The molecule has 2 aliphatic heterocycles. The topological polar surface area (TPSA) is 124 Å². The zero-order valence-electron chi connectivity index (χ0n) is 18.7. The van der Waals surface area contributed by atoms with E-state index in [2.05, 4.69) is 23.9 Å². The maximum atomic E-state index is 12.4. The molecule has 2 N–H and O–H groups in total. The molecule has 2 saturated heterocycles. The van der Waals surface area contributed by atoms with E-state index >= 15 is 0 Å². The number of ether oxygens (including phenoxy) is 1. The Morgan fingerprint density at radius 1 is 1.06 bits per heavy atom. The van der Waals surface area contributed by atoms with E-state index in [4.69, 9.17) is 29.0 Å². The van der Waals surface area contributed by atoms with E-state index < -0.39 is 24.3 Å². The number of carboxylic acid groups (broad SMARTS) is 2. The molecular weight excluding hydrogens is 496 g/mol. The first kappa shape index (κ1) is 30.2. The van der Waals surface area contributed by atoms with Gasteiger partial charge in [-0.1, -0.05) is 0 Å². The van der Waals surface area contributed by atoms with Crippen LogP contribution in [-0.2, 0) is 14.3 Å². The van der Waals surface area contributed by atoms with Crippen molar-refractivity contribution in [2.75, 3.05) is 53.4 Å². The summed E-state index contributed by atoms with van der Waals surface area (Å²) in [5.74, 6) is -5.14. The van der Waals surface area contributed by atoms with Gasteiger partial charge < -0.3 is 29.2 Å². The van der Waals surface area contributed by atoms with E-state index in [0.717, 1.165) is 32.8 Å². The minimum atomic E-state index is -5.08. The van der Waals surface area contributed by atoms with Crippen LogP contribution in [-0.4, -0.2) is 121 Å². The van der Waals surface area contributed by atoms with Crippen molar-refractivity contribution in [2.45, 2.75) is 24.5 Å². The van der Waals surface area contributed by atoms with Gasteiger partial charge in [-0.2, -0.15) is 26.3 Å². The Morgan fingerprint density at radius 2 is 1.60 bits per heavy atom. The van der Waals surface area contributed by atoms with Crippen LogP contribution in [0.15, 0.2) is 22.8 Å². The molecule has 0 bridgehead atoms. The molecule has 0 aliphatic carbocycles. The van der Waals surface area contributed by atoms with Crippen molar-refractivity contribution in [3.05, 3.63) is 24.2 Å². The number of morpholine rings is 1. The molecule has 2 atom stereocenters. The maximum absolute atomic E-state index is 12.4. The quantitative estimate of drug-likeness (QED) is 0.569. The number of carbonyl (C=O) groups excluding carboxylic acids is 1. The summed E-state index contributed by atoms with van der Waals surface area (Å²) in [7, 11) is 4.17. The first-order valence-electron chi connectivity index (χ1n) is 9.97. The second kappa shape index (κ2) is 12.7. The number of rotatable bonds is 4. The van der Waals surface area contributed by atoms with Crippen LogP contribution in [0.4, 0.5) is 26.3 Å². The van der Waals surface area contributed by atoms with E-state index in [0.29, 0.717) is 18.3 Å². The smallest absolute Gasteiger partial charge is 0.475 e. The van der Waals surface area contributed by atoms with Crippen molar-refractivity contribution >= 4 is 17.8 Å². The fourth-order valence-electron chi connectivity index (χ4n) is 3.09. The number of carboxylic acids is 2. The van der Waals surface area contributed by atoms with Gasteiger partial charge in [0.05, 0.1) is 25.0 Å². The van der Waals surface area contributed by atoms with Crippen molar-refractivity contribution in [3.8, 4) is 0 Å². The molecule has 0 unspecified atom stereocenters. The summed E-state index contributed by atoms with van der Waals surface area (Å²) >= 11 is 0. The molecule has 1 amide bonds. The van der Waals surface area contributed by atoms with E-state index in [9.17, 15) is 31.1 Å². The fraction of sp³-hybridized carbons (Fsp3) is 0.632. The van der Waals surface area contributed by atoms with Crippen LogP contribution in [0.25, 0.3) is 0 Å². The second-order valence-electron chi connectivity index (χ2n) is 7.61.